The zero-order valence-electron chi connectivity index (χ0n) is 16.3. The molecule has 0 atom stereocenters. The Hall–Kier alpha value is -1.03. The van der Waals surface area contributed by atoms with Crippen LogP contribution in [-0.4, -0.2) is 23.3 Å². The van der Waals surface area contributed by atoms with E-state index in [1.165, 1.54) is 38.5 Å². The Morgan fingerprint density at radius 1 is 0.889 bits per heavy atom. The molecule has 1 heterocycles. The Bertz CT molecular complexity index is 706. The van der Waals surface area contributed by atoms with Crippen molar-refractivity contribution in [3.63, 3.8) is 0 Å². The average molecular weight is 412 g/mol. The van der Waals surface area contributed by atoms with Gasteiger partial charge in [0, 0.05) is 17.7 Å². The molecule has 0 radical (unpaired) electrons. The molecule has 1 N–H and O–H groups in total. The first kappa shape index (κ1) is 22.3. The molecule has 0 spiro atoms. The highest BCUT2D eigenvalue weighted by molar-refractivity contribution is 6.39. The van der Waals surface area contributed by atoms with Crippen LogP contribution in [-0.2, 0) is 6.42 Å². The van der Waals surface area contributed by atoms with Crippen LogP contribution < -0.4 is 4.74 Å². The predicted molar refractivity (Wildman–Crippen MR) is 115 cm³/mol. The van der Waals surface area contributed by atoms with E-state index in [0.29, 0.717) is 29.0 Å². The molecule has 1 aromatic carbocycles. The number of rotatable bonds is 13. The number of hydrogen-bond acceptors (Lipinski definition) is 3. The summed E-state index contributed by atoms with van der Waals surface area (Å²) in [6, 6.07) is 5.80. The Morgan fingerprint density at radius 3 is 2.15 bits per heavy atom. The normalized spacial score (nSPS) is 11.3. The van der Waals surface area contributed by atoms with Gasteiger partial charge in [-0.15, -0.1) is 0 Å². The van der Waals surface area contributed by atoms with Crippen LogP contribution in [0.4, 0.5) is 0 Å². The van der Waals surface area contributed by atoms with Crippen molar-refractivity contribution in [1.29, 1.82) is 0 Å². The van der Waals surface area contributed by atoms with Gasteiger partial charge in [-0.3, -0.25) is 0 Å². The van der Waals surface area contributed by atoms with Crippen LogP contribution in [0.2, 0.25) is 10.0 Å². The van der Waals surface area contributed by atoms with Gasteiger partial charge >= 0.3 is 0 Å². The van der Waals surface area contributed by atoms with Gasteiger partial charge in [-0.1, -0.05) is 68.1 Å². The molecule has 2 rings (SSSR count). The maximum Gasteiger partial charge on any atom is 0.164 e. The van der Waals surface area contributed by atoms with E-state index in [2.05, 4.69) is 6.07 Å². The summed E-state index contributed by atoms with van der Waals surface area (Å²) >= 11 is 12.6. The van der Waals surface area contributed by atoms with Crippen LogP contribution >= 0.6 is 23.2 Å². The maximum absolute atomic E-state index is 8.76. The zero-order valence-corrected chi connectivity index (χ0v) is 17.8. The first-order valence-corrected chi connectivity index (χ1v) is 10.9. The van der Waals surface area contributed by atoms with Crippen molar-refractivity contribution < 1.29 is 9.84 Å². The van der Waals surface area contributed by atoms with Crippen LogP contribution in [0.5, 0.6) is 5.75 Å². The van der Waals surface area contributed by atoms with Crippen LogP contribution in [0.25, 0.3) is 10.9 Å². The van der Waals surface area contributed by atoms with Crippen LogP contribution in [0.1, 0.15) is 70.4 Å². The van der Waals surface area contributed by atoms with Crippen molar-refractivity contribution >= 4 is 34.1 Å². The SMILES string of the molecule is CCOc1c(Cl)cc(Cl)c2ccc(CCCCCCCCCCCO)nc12. The second kappa shape index (κ2) is 12.4. The topological polar surface area (TPSA) is 42.4 Å². The second-order valence-corrected chi connectivity index (χ2v) is 7.77. The summed E-state index contributed by atoms with van der Waals surface area (Å²) in [6.45, 7) is 2.81. The molecule has 0 aliphatic carbocycles. The number of halogens is 2. The molecular weight excluding hydrogens is 381 g/mol. The lowest BCUT2D eigenvalue weighted by atomic mass is 10.1. The minimum atomic E-state index is 0.327. The van der Waals surface area contributed by atoms with Gasteiger partial charge in [0.1, 0.15) is 5.52 Å². The van der Waals surface area contributed by atoms with E-state index < -0.39 is 0 Å². The molecule has 2 aromatic rings. The van der Waals surface area contributed by atoms with Crippen LogP contribution in [0.15, 0.2) is 18.2 Å². The summed E-state index contributed by atoms with van der Waals surface area (Å²) < 4.78 is 5.70. The number of nitrogens with zero attached hydrogens (tertiary/aromatic N) is 1. The molecule has 5 heteroatoms. The second-order valence-electron chi connectivity index (χ2n) is 6.96. The van der Waals surface area contributed by atoms with E-state index in [9.17, 15) is 0 Å². The molecule has 27 heavy (non-hydrogen) atoms. The summed E-state index contributed by atoms with van der Waals surface area (Å²) in [6.07, 6.45) is 11.8. The molecule has 1 aromatic heterocycles. The number of pyridine rings is 1. The maximum atomic E-state index is 8.76. The van der Waals surface area contributed by atoms with Gasteiger partial charge in [0.15, 0.2) is 5.75 Å². The fourth-order valence-electron chi connectivity index (χ4n) is 3.31. The number of unbranched alkanes of at least 4 members (excludes halogenated alkanes) is 8. The van der Waals surface area contributed by atoms with Crippen LogP contribution in [0, 0.1) is 0 Å². The Balaban J connectivity index is 1.81. The highest BCUT2D eigenvalue weighted by atomic mass is 35.5. The summed E-state index contributed by atoms with van der Waals surface area (Å²) in [4.78, 5) is 4.78. The van der Waals surface area contributed by atoms with E-state index >= 15 is 0 Å². The minimum absolute atomic E-state index is 0.327. The number of hydrogen-bond donors (Lipinski definition) is 1. The number of benzene rings is 1. The molecule has 0 unspecified atom stereocenters. The lowest BCUT2D eigenvalue weighted by Crippen LogP contribution is -1.98. The molecule has 0 amide bonds. The van der Waals surface area contributed by atoms with E-state index in [4.69, 9.17) is 38.0 Å². The van der Waals surface area contributed by atoms with Crippen LogP contribution in [0.3, 0.4) is 0 Å². The highest BCUT2D eigenvalue weighted by Gasteiger charge is 2.13. The van der Waals surface area contributed by atoms with Gasteiger partial charge < -0.3 is 9.84 Å². The molecule has 0 aliphatic rings. The lowest BCUT2D eigenvalue weighted by Gasteiger charge is -2.11. The van der Waals surface area contributed by atoms with E-state index in [-0.39, 0.29) is 0 Å². The van der Waals surface area contributed by atoms with E-state index in [1.54, 1.807) is 6.07 Å². The van der Waals surface area contributed by atoms with Crippen molar-refractivity contribution in [2.45, 2.75) is 71.1 Å². The molecular formula is C22H31Cl2NO2. The van der Waals surface area contributed by atoms with E-state index in [0.717, 1.165) is 42.3 Å². The van der Waals surface area contributed by atoms with Gasteiger partial charge in [0.2, 0.25) is 0 Å². The Labute approximate surface area is 173 Å². The molecule has 0 saturated heterocycles. The van der Waals surface area contributed by atoms with Gasteiger partial charge in [0.05, 0.1) is 16.7 Å². The molecule has 0 bridgehead atoms. The van der Waals surface area contributed by atoms with Crippen molar-refractivity contribution in [2.75, 3.05) is 13.2 Å². The highest BCUT2D eigenvalue weighted by Crippen LogP contribution is 2.37. The summed E-state index contributed by atoms with van der Waals surface area (Å²) in [5.41, 5.74) is 1.82. The average Bonchev–Trinajstić information content (AvgIpc) is 2.66. The molecule has 0 fully saturated rings. The predicted octanol–water partition coefficient (Wildman–Crippen LogP) is 6.99. The summed E-state index contributed by atoms with van der Waals surface area (Å²) in [5.74, 6) is 0.626. The van der Waals surface area contributed by atoms with Gasteiger partial charge in [-0.25, -0.2) is 4.98 Å². The third kappa shape index (κ3) is 7.14. The Morgan fingerprint density at radius 2 is 1.52 bits per heavy atom. The van der Waals surface area contributed by atoms with Crippen molar-refractivity contribution in [1.82, 2.24) is 4.98 Å². The minimum Gasteiger partial charge on any atom is -0.490 e. The largest absolute Gasteiger partial charge is 0.490 e. The smallest absolute Gasteiger partial charge is 0.164 e. The van der Waals surface area contributed by atoms with Gasteiger partial charge in [-0.05, 0) is 44.4 Å². The molecule has 0 saturated carbocycles. The monoisotopic (exact) mass is 411 g/mol. The number of aliphatic hydroxyl groups excluding tert-OH is 1. The first-order chi connectivity index (χ1) is 13.2. The number of aryl methyl sites for hydroxylation is 1. The summed E-state index contributed by atoms with van der Waals surface area (Å²) in [7, 11) is 0. The third-order valence-corrected chi connectivity index (χ3v) is 5.37. The van der Waals surface area contributed by atoms with E-state index in [1.807, 2.05) is 13.0 Å². The third-order valence-electron chi connectivity index (χ3n) is 4.78. The first-order valence-electron chi connectivity index (χ1n) is 10.2. The fourth-order valence-corrected chi connectivity index (χ4v) is 3.88. The molecule has 3 nitrogen and oxygen atoms in total. The quantitative estimate of drug-likeness (QED) is 0.361. The van der Waals surface area contributed by atoms with Crippen molar-refractivity contribution in [3.05, 3.63) is 33.9 Å². The standard InChI is InChI=1S/C22H31Cl2NO2/c1-2-27-22-20(24)16-19(23)18-14-13-17(25-21(18)22)12-10-8-6-4-3-5-7-9-11-15-26/h13-14,16,26H,2-12,15H2,1H3. The zero-order chi connectivity index (χ0) is 19.5. The Kier molecular flexibility index (Phi) is 10.3. The number of ether oxygens (including phenoxy) is 1. The lowest BCUT2D eigenvalue weighted by molar-refractivity contribution is 0.282. The number of aromatic nitrogens is 1. The molecule has 0 aliphatic heterocycles. The fraction of sp³-hybridized carbons (Fsp3) is 0.591. The number of aliphatic hydroxyl groups is 1. The van der Waals surface area contributed by atoms with Gasteiger partial charge in [-0.2, -0.15) is 0 Å². The summed E-state index contributed by atoms with van der Waals surface area (Å²) in [5, 5.41) is 10.8. The van der Waals surface area contributed by atoms with Gasteiger partial charge in [0.25, 0.3) is 0 Å². The molecule has 150 valence electrons. The van der Waals surface area contributed by atoms with Crippen molar-refractivity contribution in [2.24, 2.45) is 0 Å². The van der Waals surface area contributed by atoms with Crippen molar-refractivity contribution in [3.8, 4) is 5.75 Å². The number of fused-ring (bicyclic) bond motifs is 1.